The van der Waals surface area contributed by atoms with Gasteiger partial charge in [0.25, 0.3) is 5.91 Å². The van der Waals surface area contributed by atoms with Crippen LogP contribution in [-0.4, -0.2) is 34.2 Å². The van der Waals surface area contributed by atoms with E-state index in [1.807, 2.05) is 48.0 Å². The van der Waals surface area contributed by atoms with Gasteiger partial charge in [-0.15, -0.1) is 11.3 Å². The Kier molecular flexibility index (Phi) is 4.46. The summed E-state index contributed by atoms with van der Waals surface area (Å²) in [5.74, 6) is -0.295. The van der Waals surface area contributed by atoms with Crippen molar-refractivity contribution in [1.82, 2.24) is 20.4 Å². The van der Waals surface area contributed by atoms with Gasteiger partial charge in [0.2, 0.25) is 5.91 Å². The lowest BCUT2D eigenvalue weighted by Gasteiger charge is -2.14. The fraction of sp³-hybridized carbons (Fsp3) is 0.316. The largest absolute Gasteiger partial charge is 0.354 e. The summed E-state index contributed by atoms with van der Waals surface area (Å²) in [4.78, 5) is 26.3. The van der Waals surface area contributed by atoms with Crippen LogP contribution in [0.3, 0.4) is 0 Å². The second-order valence-corrected chi connectivity index (χ2v) is 7.51. The van der Waals surface area contributed by atoms with Gasteiger partial charge in [-0.2, -0.15) is 5.10 Å². The van der Waals surface area contributed by atoms with Crippen LogP contribution in [-0.2, 0) is 4.79 Å². The summed E-state index contributed by atoms with van der Waals surface area (Å²) in [6, 6.07) is 11.3. The molecular weight excluding hydrogens is 348 g/mol. The molecule has 4 rings (SSSR count). The topological polar surface area (TPSA) is 76.0 Å². The molecule has 1 aromatic carbocycles. The molecule has 2 aromatic heterocycles. The highest BCUT2D eigenvalue weighted by atomic mass is 32.1. The summed E-state index contributed by atoms with van der Waals surface area (Å²) >= 11 is 1.40. The minimum absolute atomic E-state index is 0.0939. The van der Waals surface area contributed by atoms with Crippen LogP contribution in [0.1, 0.15) is 34.6 Å². The third-order valence-corrected chi connectivity index (χ3v) is 5.72. The third kappa shape index (κ3) is 3.10. The van der Waals surface area contributed by atoms with Gasteiger partial charge in [-0.3, -0.25) is 9.59 Å². The Morgan fingerprint density at radius 3 is 2.92 bits per heavy atom. The van der Waals surface area contributed by atoms with E-state index < -0.39 is 6.04 Å². The Bertz CT molecular complexity index is 961. The van der Waals surface area contributed by atoms with Crippen molar-refractivity contribution in [1.29, 1.82) is 0 Å². The molecule has 1 saturated heterocycles. The summed E-state index contributed by atoms with van der Waals surface area (Å²) in [6.07, 6.45) is 2.56. The van der Waals surface area contributed by atoms with E-state index in [1.54, 1.807) is 0 Å². The van der Waals surface area contributed by atoms with Crippen LogP contribution < -0.4 is 10.6 Å². The summed E-state index contributed by atoms with van der Waals surface area (Å²) in [5.41, 5.74) is 1.84. The van der Waals surface area contributed by atoms with E-state index in [0.29, 0.717) is 17.8 Å². The molecule has 1 fully saturated rings. The molecule has 0 unspecified atom stereocenters. The number of carbonyl (C=O) groups is 2. The number of hydrogen-bond donors (Lipinski definition) is 2. The number of thiophene rings is 1. The van der Waals surface area contributed by atoms with Gasteiger partial charge in [0.05, 0.1) is 16.3 Å². The monoisotopic (exact) mass is 368 g/mol. The maximum Gasteiger partial charge on any atom is 0.262 e. The number of amides is 2. The van der Waals surface area contributed by atoms with Crippen molar-refractivity contribution in [3.63, 3.8) is 0 Å². The van der Waals surface area contributed by atoms with Gasteiger partial charge in [-0.25, -0.2) is 4.68 Å². The standard InChI is InChI=1S/C19H20N4O2S/c1-12-14-11-16(18(25)21-15-9-5-6-10-20-17(15)24)26-19(14)23(22-12)13-7-3-2-4-8-13/h2-4,7-8,11,15H,5-6,9-10H2,1H3,(H,20,24)(H,21,25)/t15-/m0/s1. The number of rotatable bonds is 3. The molecule has 1 aliphatic heterocycles. The van der Waals surface area contributed by atoms with Crippen LogP contribution in [0.2, 0.25) is 0 Å². The Hall–Kier alpha value is -2.67. The fourth-order valence-electron chi connectivity index (χ4n) is 3.21. The highest BCUT2D eigenvalue weighted by molar-refractivity contribution is 7.20. The first-order valence-corrected chi connectivity index (χ1v) is 9.58. The van der Waals surface area contributed by atoms with E-state index in [4.69, 9.17) is 0 Å². The normalized spacial score (nSPS) is 17.7. The number of nitrogens with one attached hydrogen (secondary N) is 2. The molecule has 2 amide bonds. The lowest BCUT2D eigenvalue weighted by atomic mass is 10.1. The number of aryl methyl sites for hydroxylation is 1. The van der Waals surface area contributed by atoms with Gasteiger partial charge in [0.1, 0.15) is 10.9 Å². The summed E-state index contributed by atoms with van der Waals surface area (Å²) in [5, 5.41) is 11.3. The lowest BCUT2D eigenvalue weighted by Crippen LogP contribution is -2.45. The van der Waals surface area contributed by atoms with Gasteiger partial charge in [0.15, 0.2) is 0 Å². The Morgan fingerprint density at radius 2 is 2.12 bits per heavy atom. The molecule has 26 heavy (non-hydrogen) atoms. The maximum absolute atomic E-state index is 12.7. The first kappa shape index (κ1) is 16.8. The van der Waals surface area contributed by atoms with E-state index in [2.05, 4.69) is 15.7 Å². The number of hydrogen-bond acceptors (Lipinski definition) is 4. The Morgan fingerprint density at radius 1 is 1.31 bits per heavy atom. The smallest absolute Gasteiger partial charge is 0.262 e. The molecule has 0 bridgehead atoms. The van der Waals surface area contributed by atoms with Crippen LogP contribution in [0.15, 0.2) is 36.4 Å². The molecule has 0 aliphatic carbocycles. The molecule has 2 N–H and O–H groups in total. The summed E-state index contributed by atoms with van der Waals surface area (Å²) in [6.45, 7) is 2.62. The van der Waals surface area contributed by atoms with Crippen molar-refractivity contribution in [3.8, 4) is 5.69 Å². The van der Waals surface area contributed by atoms with Crippen molar-refractivity contribution < 1.29 is 9.59 Å². The van der Waals surface area contributed by atoms with E-state index >= 15 is 0 Å². The van der Waals surface area contributed by atoms with Gasteiger partial charge < -0.3 is 10.6 Å². The highest BCUT2D eigenvalue weighted by Crippen LogP contribution is 2.30. The van der Waals surface area contributed by atoms with Gasteiger partial charge in [0, 0.05) is 11.9 Å². The molecule has 3 heterocycles. The summed E-state index contributed by atoms with van der Waals surface area (Å²) in [7, 11) is 0. The first-order valence-electron chi connectivity index (χ1n) is 8.76. The van der Waals surface area contributed by atoms with Crippen LogP contribution >= 0.6 is 11.3 Å². The molecule has 0 saturated carbocycles. The zero-order chi connectivity index (χ0) is 18.1. The molecule has 6 nitrogen and oxygen atoms in total. The minimum Gasteiger partial charge on any atom is -0.354 e. The number of carbonyl (C=O) groups excluding carboxylic acids is 2. The average molecular weight is 368 g/mol. The predicted octanol–water partition coefficient (Wildman–Crippen LogP) is 2.79. The van der Waals surface area contributed by atoms with Gasteiger partial charge in [-0.1, -0.05) is 18.2 Å². The average Bonchev–Trinajstić information content (AvgIpc) is 3.15. The molecule has 0 spiro atoms. The fourth-order valence-corrected chi connectivity index (χ4v) is 4.30. The Balaban J connectivity index is 1.63. The molecule has 1 atom stereocenters. The van der Waals surface area contributed by atoms with Crippen LogP contribution in [0, 0.1) is 6.92 Å². The Labute approximate surface area is 155 Å². The van der Waals surface area contributed by atoms with Crippen molar-refractivity contribution in [2.45, 2.75) is 32.2 Å². The maximum atomic E-state index is 12.7. The number of fused-ring (bicyclic) bond motifs is 1. The van der Waals surface area contributed by atoms with E-state index in [0.717, 1.165) is 34.4 Å². The molecule has 1 aliphatic rings. The van der Waals surface area contributed by atoms with Gasteiger partial charge in [-0.05, 0) is 44.4 Å². The number of para-hydroxylation sites is 1. The highest BCUT2D eigenvalue weighted by Gasteiger charge is 2.24. The van der Waals surface area contributed by atoms with Crippen LogP contribution in [0.5, 0.6) is 0 Å². The molecule has 7 heteroatoms. The van der Waals surface area contributed by atoms with Crippen molar-refractivity contribution in [3.05, 3.63) is 47.0 Å². The molecule has 134 valence electrons. The number of benzene rings is 1. The van der Waals surface area contributed by atoms with Gasteiger partial charge >= 0.3 is 0 Å². The zero-order valence-electron chi connectivity index (χ0n) is 14.5. The zero-order valence-corrected chi connectivity index (χ0v) is 15.3. The van der Waals surface area contributed by atoms with E-state index in [9.17, 15) is 9.59 Å². The SMILES string of the molecule is Cc1nn(-c2ccccc2)c2sc(C(=O)N[C@H]3CCCCNC3=O)cc12. The van der Waals surface area contributed by atoms with Crippen LogP contribution in [0.25, 0.3) is 15.9 Å². The second kappa shape index (κ2) is 6.92. The quantitative estimate of drug-likeness (QED) is 0.746. The minimum atomic E-state index is -0.457. The molecule has 3 aromatic rings. The summed E-state index contributed by atoms with van der Waals surface area (Å²) < 4.78 is 1.87. The predicted molar refractivity (Wildman–Crippen MR) is 102 cm³/mol. The van der Waals surface area contributed by atoms with Crippen LogP contribution in [0.4, 0.5) is 0 Å². The van der Waals surface area contributed by atoms with Crippen molar-refractivity contribution in [2.75, 3.05) is 6.54 Å². The molecular formula is C19H20N4O2S. The van der Waals surface area contributed by atoms with Crippen molar-refractivity contribution >= 4 is 33.4 Å². The van der Waals surface area contributed by atoms with E-state index in [-0.39, 0.29) is 11.8 Å². The van der Waals surface area contributed by atoms with E-state index in [1.165, 1.54) is 11.3 Å². The second-order valence-electron chi connectivity index (χ2n) is 6.48. The first-order chi connectivity index (χ1) is 12.6. The molecule has 0 radical (unpaired) electrons. The van der Waals surface area contributed by atoms with Crippen molar-refractivity contribution in [2.24, 2.45) is 0 Å². The lowest BCUT2D eigenvalue weighted by molar-refractivity contribution is -0.122. The third-order valence-electron chi connectivity index (χ3n) is 4.61. The number of nitrogens with zero attached hydrogens (tertiary/aromatic N) is 2. The number of aromatic nitrogens is 2.